The third-order valence-corrected chi connectivity index (χ3v) is 4.26. The van der Waals surface area contributed by atoms with Crippen LogP contribution in [0.15, 0.2) is 16.8 Å². The van der Waals surface area contributed by atoms with Crippen molar-refractivity contribution in [1.82, 2.24) is 24.7 Å². The maximum absolute atomic E-state index is 6.40. The fourth-order valence-corrected chi connectivity index (χ4v) is 2.91. The molecule has 1 saturated heterocycles. The van der Waals surface area contributed by atoms with Crippen LogP contribution >= 0.6 is 0 Å². The number of ether oxygens (including phenoxy) is 1. The minimum Gasteiger partial charge on any atom is -0.381 e. The number of fused-ring (bicyclic) bond motifs is 1. The van der Waals surface area contributed by atoms with Crippen molar-refractivity contribution in [2.75, 3.05) is 13.2 Å². The van der Waals surface area contributed by atoms with Crippen molar-refractivity contribution in [1.29, 1.82) is 0 Å². The third-order valence-electron chi connectivity index (χ3n) is 4.26. The van der Waals surface area contributed by atoms with E-state index in [4.69, 9.17) is 15.0 Å². The second-order valence-corrected chi connectivity index (χ2v) is 6.02. The standard InChI is InChI=1S/C15H18N6O2/c1-9-7-10(2)21-13(18-9)11(8-17-21)12-19-14(23-20-12)15(16)3-5-22-6-4-15/h7-8H,3-6,16H2,1-2H3. The summed E-state index contributed by atoms with van der Waals surface area (Å²) < 4.78 is 12.6. The molecule has 23 heavy (non-hydrogen) atoms. The van der Waals surface area contributed by atoms with Gasteiger partial charge < -0.3 is 15.0 Å². The monoisotopic (exact) mass is 314 g/mol. The number of nitrogens with two attached hydrogens (primary N) is 1. The normalized spacial score (nSPS) is 17.7. The average molecular weight is 314 g/mol. The van der Waals surface area contributed by atoms with Gasteiger partial charge in [-0.3, -0.25) is 0 Å². The summed E-state index contributed by atoms with van der Waals surface area (Å²) in [4.78, 5) is 9.05. The Morgan fingerprint density at radius 1 is 1.22 bits per heavy atom. The number of hydrogen-bond donors (Lipinski definition) is 1. The molecular weight excluding hydrogens is 296 g/mol. The molecule has 0 aromatic carbocycles. The van der Waals surface area contributed by atoms with Crippen LogP contribution in [0, 0.1) is 13.8 Å². The highest BCUT2D eigenvalue weighted by Crippen LogP contribution is 2.30. The third kappa shape index (κ3) is 2.30. The van der Waals surface area contributed by atoms with Crippen molar-refractivity contribution in [3.8, 4) is 11.4 Å². The molecule has 1 fully saturated rings. The SMILES string of the molecule is Cc1cc(C)n2ncc(-c3noc(C4(N)CCOCC4)n3)c2n1. The molecule has 3 aromatic rings. The van der Waals surface area contributed by atoms with Crippen molar-refractivity contribution in [2.45, 2.75) is 32.2 Å². The van der Waals surface area contributed by atoms with Gasteiger partial charge in [-0.25, -0.2) is 9.50 Å². The van der Waals surface area contributed by atoms with E-state index in [1.807, 2.05) is 19.9 Å². The van der Waals surface area contributed by atoms with Crippen LogP contribution in [0.5, 0.6) is 0 Å². The first-order valence-electron chi connectivity index (χ1n) is 7.60. The van der Waals surface area contributed by atoms with Gasteiger partial charge in [-0.1, -0.05) is 5.16 Å². The fraction of sp³-hybridized carbons (Fsp3) is 0.467. The lowest BCUT2D eigenvalue weighted by atomic mass is 9.91. The van der Waals surface area contributed by atoms with Crippen LogP contribution in [0.25, 0.3) is 17.0 Å². The number of aryl methyl sites for hydroxylation is 2. The molecule has 0 amide bonds. The van der Waals surface area contributed by atoms with Crippen molar-refractivity contribution in [3.63, 3.8) is 0 Å². The molecule has 0 unspecified atom stereocenters. The predicted molar refractivity (Wildman–Crippen MR) is 81.7 cm³/mol. The van der Waals surface area contributed by atoms with Crippen LogP contribution in [-0.4, -0.2) is 38.0 Å². The van der Waals surface area contributed by atoms with Crippen LogP contribution in [0.2, 0.25) is 0 Å². The van der Waals surface area contributed by atoms with Gasteiger partial charge >= 0.3 is 0 Å². The summed E-state index contributed by atoms with van der Waals surface area (Å²) in [6.45, 7) is 5.13. The summed E-state index contributed by atoms with van der Waals surface area (Å²) in [7, 11) is 0. The topological polar surface area (TPSA) is 104 Å². The first-order valence-corrected chi connectivity index (χ1v) is 7.60. The molecule has 0 radical (unpaired) electrons. The number of hydrogen-bond acceptors (Lipinski definition) is 7. The maximum atomic E-state index is 6.40. The first kappa shape index (κ1) is 14.3. The van der Waals surface area contributed by atoms with Crippen molar-refractivity contribution in [3.05, 3.63) is 29.5 Å². The predicted octanol–water partition coefficient (Wildman–Crippen LogP) is 1.36. The summed E-state index contributed by atoms with van der Waals surface area (Å²) >= 11 is 0. The molecule has 0 atom stereocenters. The Morgan fingerprint density at radius 2 is 2.00 bits per heavy atom. The molecule has 0 aliphatic carbocycles. The van der Waals surface area contributed by atoms with Crippen LogP contribution in [0.1, 0.15) is 30.1 Å². The molecule has 0 saturated carbocycles. The van der Waals surface area contributed by atoms with E-state index in [9.17, 15) is 0 Å². The Hall–Kier alpha value is -2.32. The van der Waals surface area contributed by atoms with Gasteiger partial charge in [0.2, 0.25) is 11.7 Å². The molecule has 0 bridgehead atoms. The Balaban J connectivity index is 1.77. The Morgan fingerprint density at radius 3 is 2.78 bits per heavy atom. The number of nitrogens with zero attached hydrogens (tertiary/aromatic N) is 5. The van der Waals surface area contributed by atoms with E-state index in [0.29, 0.717) is 43.4 Å². The van der Waals surface area contributed by atoms with E-state index in [1.165, 1.54) is 0 Å². The molecular formula is C15H18N6O2. The molecule has 1 aliphatic rings. The molecule has 3 aromatic heterocycles. The quantitative estimate of drug-likeness (QED) is 0.761. The van der Waals surface area contributed by atoms with E-state index in [2.05, 4.69) is 20.2 Å². The summed E-state index contributed by atoms with van der Waals surface area (Å²) in [5.41, 5.74) is 9.15. The van der Waals surface area contributed by atoms with Gasteiger partial charge in [-0.15, -0.1) is 0 Å². The van der Waals surface area contributed by atoms with Crippen molar-refractivity contribution < 1.29 is 9.26 Å². The lowest BCUT2D eigenvalue weighted by Crippen LogP contribution is -2.42. The molecule has 120 valence electrons. The van der Waals surface area contributed by atoms with Gasteiger partial charge in [0.15, 0.2) is 5.65 Å². The Labute approximate surface area is 132 Å². The van der Waals surface area contributed by atoms with Gasteiger partial charge in [-0.2, -0.15) is 10.1 Å². The second kappa shape index (κ2) is 5.10. The molecule has 8 nitrogen and oxygen atoms in total. The van der Waals surface area contributed by atoms with E-state index in [0.717, 1.165) is 17.0 Å². The maximum Gasteiger partial charge on any atom is 0.247 e. The Bertz CT molecular complexity index is 862. The molecule has 4 rings (SSSR count). The minimum absolute atomic E-state index is 0.444. The van der Waals surface area contributed by atoms with Gasteiger partial charge in [0, 0.05) is 24.6 Å². The van der Waals surface area contributed by atoms with E-state index in [-0.39, 0.29) is 0 Å². The molecule has 8 heteroatoms. The zero-order valence-electron chi connectivity index (χ0n) is 13.1. The summed E-state index contributed by atoms with van der Waals surface area (Å²) in [5.74, 6) is 0.906. The summed E-state index contributed by atoms with van der Waals surface area (Å²) in [6.07, 6.45) is 3.04. The van der Waals surface area contributed by atoms with Crippen LogP contribution in [0.4, 0.5) is 0 Å². The highest BCUT2D eigenvalue weighted by Gasteiger charge is 2.36. The molecule has 4 heterocycles. The Kier molecular flexibility index (Phi) is 3.17. The smallest absolute Gasteiger partial charge is 0.247 e. The molecule has 1 aliphatic heterocycles. The molecule has 2 N–H and O–H groups in total. The van der Waals surface area contributed by atoms with Crippen LogP contribution in [-0.2, 0) is 10.3 Å². The largest absolute Gasteiger partial charge is 0.381 e. The van der Waals surface area contributed by atoms with Crippen LogP contribution < -0.4 is 5.73 Å². The van der Waals surface area contributed by atoms with E-state index >= 15 is 0 Å². The zero-order chi connectivity index (χ0) is 16.0. The van der Waals surface area contributed by atoms with Gasteiger partial charge in [0.1, 0.15) is 5.54 Å². The fourth-order valence-electron chi connectivity index (χ4n) is 2.91. The highest BCUT2D eigenvalue weighted by molar-refractivity contribution is 5.72. The van der Waals surface area contributed by atoms with Crippen LogP contribution in [0.3, 0.4) is 0 Å². The number of rotatable bonds is 2. The summed E-state index contributed by atoms with van der Waals surface area (Å²) in [6, 6.07) is 1.97. The highest BCUT2D eigenvalue weighted by atomic mass is 16.5. The first-order chi connectivity index (χ1) is 11.1. The van der Waals surface area contributed by atoms with Gasteiger partial charge in [0.05, 0.1) is 11.8 Å². The minimum atomic E-state index is -0.619. The van der Waals surface area contributed by atoms with Gasteiger partial charge in [0.25, 0.3) is 0 Å². The lowest BCUT2D eigenvalue weighted by molar-refractivity contribution is 0.0400. The lowest BCUT2D eigenvalue weighted by Gasteiger charge is -2.29. The van der Waals surface area contributed by atoms with E-state index < -0.39 is 5.54 Å². The number of aromatic nitrogens is 5. The zero-order valence-corrected chi connectivity index (χ0v) is 13.1. The van der Waals surface area contributed by atoms with Gasteiger partial charge in [-0.05, 0) is 32.8 Å². The van der Waals surface area contributed by atoms with E-state index in [1.54, 1.807) is 10.7 Å². The van der Waals surface area contributed by atoms with Crippen molar-refractivity contribution in [2.24, 2.45) is 5.73 Å². The van der Waals surface area contributed by atoms with Crippen molar-refractivity contribution >= 4 is 5.65 Å². The summed E-state index contributed by atoms with van der Waals surface area (Å²) in [5, 5.41) is 8.44. The average Bonchev–Trinajstić information content (AvgIpc) is 3.14. The second-order valence-electron chi connectivity index (χ2n) is 6.02. The molecule has 0 spiro atoms.